The quantitative estimate of drug-likeness (QED) is 0.471. The molecule has 0 aliphatic heterocycles. The zero-order valence-electron chi connectivity index (χ0n) is 7.14. The lowest BCUT2D eigenvalue weighted by atomic mass is 10.2. The van der Waals surface area contributed by atoms with E-state index < -0.39 is 0 Å². The Morgan fingerprint density at radius 2 is 2.27 bits per heavy atom. The zero-order chi connectivity index (χ0) is 8.69. The van der Waals surface area contributed by atoms with Crippen molar-refractivity contribution in [2.75, 3.05) is 20.3 Å². The molecule has 0 atom stereocenters. The average Bonchev–Trinajstić information content (AvgIpc) is 2.03. The molecule has 3 heteroatoms. The van der Waals surface area contributed by atoms with Gasteiger partial charge < -0.3 is 10.1 Å². The van der Waals surface area contributed by atoms with Crippen LogP contribution in [0.5, 0.6) is 0 Å². The summed E-state index contributed by atoms with van der Waals surface area (Å²) in [6, 6.07) is 0. The van der Waals surface area contributed by atoms with E-state index in [1.807, 2.05) is 6.92 Å². The van der Waals surface area contributed by atoms with Gasteiger partial charge in [0, 0.05) is 19.2 Å². The molecule has 0 aromatic rings. The van der Waals surface area contributed by atoms with Crippen LogP contribution >= 0.6 is 0 Å². The van der Waals surface area contributed by atoms with E-state index in [9.17, 15) is 4.79 Å². The number of amides is 1. The van der Waals surface area contributed by atoms with Gasteiger partial charge in [0.1, 0.15) is 0 Å². The van der Waals surface area contributed by atoms with Crippen LogP contribution in [-0.4, -0.2) is 26.2 Å². The number of carbonyl (C=O) groups excluding carboxylic acids is 1. The molecule has 0 saturated carbocycles. The van der Waals surface area contributed by atoms with Crippen molar-refractivity contribution in [3.05, 3.63) is 12.2 Å². The summed E-state index contributed by atoms with van der Waals surface area (Å²) in [5.41, 5.74) is 0.612. The van der Waals surface area contributed by atoms with E-state index in [0.717, 1.165) is 0 Å². The fourth-order valence-electron chi connectivity index (χ4n) is 0.552. The fourth-order valence-corrected chi connectivity index (χ4v) is 0.552. The minimum absolute atomic E-state index is 0.0791. The molecular weight excluding hydrogens is 142 g/mol. The third-order valence-electron chi connectivity index (χ3n) is 1.34. The van der Waals surface area contributed by atoms with Gasteiger partial charge in [-0.05, 0) is 6.42 Å². The SMILES string of the molecule is C=C(CC)C(=O)NCCOC. The lowest BCUT2D eigenvalue weighted by molar-refractivity contribution is -0.117. The molecule has 64 valence electrons. The Balaban J connectivity index is 3.44. The second kappa shape index (κ2) is 5.92. The summed E-state index contributed by atoms with van der Waals surface area (Å²) in [7, 11) is 1.60. The van der Waals surface area contributed by atoms with Crippen LogP contribution in [0.2, 0.25) is 0 Å². The van der Waals surface area contributed by atoms with Crippen molar-refractivity contribution in [1.29, 1.82) is 0 Å². The number of hydrogen-bond donors (Lipinski definition) is 1. The molecule has 0 aliphatic rings. The van der Waals surface area contributed by atoms with E-state index in [4.69, 9.17) is 4.74 Å². The van der Waals surface area contributed by atoms with E-state index in [1.165, 1.54) is 0 Å². The highest BCUT2D eigenvalue weighted by Crippen LogP contribution is 1.94. The van der Waals surface area contributed by atoms with Crippen molar-refractivity contribution >= 4 is 5.91 Å². The molecule has 0 unspecified atom stereocenters. The molecule has 0 spiro atoms. The first-order chi connectivity index (χ1) is 5.22. The Kier molecular flexibility index (Phi) is 5.47. The smallest absolute Gasteiger partial charge is 0.246 e. The second-order valence-corrected chi connectivity index (χ2v) is 2.21. The van der Waals surface area contributed by atoms with Gasteiger partial charge in [-0.1, -0.05) is 13.5 Å². The molecule has 0 aromatic carbocycles. The van der Waals surface area contributed by atoms with Crippen LogP contribution in [0.25, 0.3) is 0 Å². The molecule has 1 amide bonds. The molecule has 0 radical (unpaired) electrons. The van der Waals surface area contributed by atoms with Gasteiger partial charge in [-0.2, -0.15) is 0 Å². The summed E-state index contributed by atoms with van der Waals surface area (Å²) in [6.07, 6.45) is 0.693. The van der Waals surface area contributed by atoms with E-state index in [0.29, 0.717) is 25.1 Å². The predicted octanol–water partition coefficient (Wildman–Crippen LogP) is 0.715. The number of methoxy groups -OCH3 is 1. The summed E-state index contributed by atoms with van der Waals surface area (Å²) >= 11 is 0. The molecule has 0 aromatic heterocycles. The van der Waals surface area contributed by atoms with E-state index in [2.05, 4.69) is 11.9 Å². The van der Waals surface area contributed by atoms with E-state index in [1.54, 1.807) is 7.11 Å². The molecule has 0 aliphatic carbocycles. The average molecular weight is 157 g/mol. The highest BCUT2D eigenvalue weighted by molar-refractivity contribution is 5.92. The third kappa shape index (κ3) is 4.56. The Hall–Kier alpha value is -0.830. The van der Waals surface area contributed by atoms with Crippen LogP contribution in [0.3, 0.4) is 0 Å². The van der Waals surface area contributed by atoms with Gasteiger partial charge in [-0.15, -0.1) is 0 Å². The minimum Gasteiger partial charge on any atom is -0.383 e. The maximum atomic E-state index is 11.0. The number of nitrogens with one attached hydrogen (secondary N) is 1. The first-order valence-electron chi connectivity index (χ1n) is 3.67. The van der Waals surface area contributed by atoms with Crippen LogP contribution in [0.4, 0.5) is 0 Å². The first-order valence-corrected chi connectivity index (χ1v) is 3.67. The van der Waals surface area contributed by atoms with Gasteiger partial charge in [-0.3, -0.25) is 4.79 Å². The predicted molar refractivity (Wildman–Crippen MR) is 44.3 cm³/mol. The van der Waals surface area contributed by atoms with Crippen molar-refractivity contribution in [3.63, 3.8) is 0 Å². The summed E-state index contributed by atoms with van der Waals surface area (Å²) in [4.78, 5) is 11.0. The topological polar surface area (TPSA) is 38.3 Å². The third-order valence-corrected chi connectivity index (χ3v) is 1.34. The minimum atomic E-state index is -0.0791. The van der Waals surface area contributed by atoms with Gasteiger partial charge >= 0.3 is 0 Å². The molecule has 1 N–H and O–H groups in total. The van der Waals surface area contributed by atoms with Gasteiger partial charge in [0.25, 0.3) is 0 Å². The molecule has 0 rings (SSSR count). The molecular formula is C8H15NO2. The van der Waals surface area contributed by atoms with Crippen LogP contribution in [0, 0.1) is 0 Å². The molecule has 0 fully saturated rings. The Morgan fingerprint density at radius 3 is 2.73 bits per heavy atom. The highest BCUT2D eigenvalue weighted by Gasteiger charge is 2.01. The highest BCUT2D eigenvalue weighted by atomic mass is 16.5. The molecule has 0 bridgehead atoms. The van der Waals surface area contributed by atoms with Crippen LogP contribution in [0.1, 0.15) is 13.3 Å². The number of ether oxygens (including phenoxy) is 1. The second-order valence-electron chi connectivity index (χ2n) is 2.21. The van der Waals surface area contributed by atoms with Crippen molar-refractivity contribution in [2.45, 2.75) is 13.3 Å². The largest absolute Gasteiger partial charge is 0.383 e. The van der Waals surface area contributed by atoms with E-state index in [-0.39, 0.29) is 5.91 Å². The van der Waals surface area contributed by atoms with Gasteiger partial charge in [0.2, 0.25) is 5.91 Å². The number of carbonyl (C=O) groups is 1. The van der Waals surface area contributed by atoms with Crippen molar-refractivity contribution in [2.24, 2.45) is 0 Å². The summed E-state index contributed by atoms with van der Waals surface area (Å²) in [5.74, 6) is -0.0791. The molecule has 0 saturated heterocycles. The van der Waals surface area contributed by atoms with Gasteiger partial charge in [0.05, 0.1) is 6.61 Å². The maximum Gasteiger partial charge on any atom is 0.246 e. The Morgan fingerprint density at radius 1 is 1.64 bits per heavy atom. The standard InChI is InChI=1S/C8H15NO2/c1-4-7(2)8(10)9-5-6-11-3/h2,4-6H2,1,3H3,(H,9,10). The first kappa shape index (κ1) is 10.2. The summed E-state index contributed by atoms with van der Waals surface area (Å²) in [5, 5.41) is 2.67. The number of rotatable bonds is 5. The fraction of sp³-hybridized carbons (Fsp3) is 0.625. The van der Waals surface area contributed by atoms with Gasteiger partial charge in [0.15, 0.2) is 0 Å². The number of hydrogen-bond acceptors (Lipinski definition) is 2. The zero-order valence-corrected chi connectivity index (χ0v) is 7.14. The van der Waals surface area contributed by atoms with Crippen LogP contribution < -0.4 is 5.32 Å². The van der Waals surface area contributed by atoms with E-state index >= 15 is 0 Å². The van der Waals surface area contributed by atoms with Gasteiger partial charge in [-0.25, -0.2) is 0 Å². The van der Waals surface area contributed by atoms with Crippen LogP contribution in [-0.2, 0) is 9.53 Å². The van der Waals surface area contributed by atoms with Crippen molar-refractivity contribution in [1.82, 2.24) is 5.32 Å². The normalized spacial score (nSPS) is 9.27. The van der Waals surface area contributed by atoms with Crippen LogP contribution in [0.15, 0.2) is 12.2 Å². The molecule has 0 heterocycles. The van der Waals surface area contributed by atoms with Crippen molar-refractivity contribution in [3.8, 4) is 0 Å². The summed E-state index contributed by atoms with van der Waals surface area (Å²) in [6.45, 7) is 6.59. The molecule has 11 heavy (non-hydrogen) atoms. The maximum absolute atomic E-state index is 11.0. The lowest BCUT2D eigenvalue weighted by Gasteiger charge is -2.04. The lowest BCUT2D eigenvalue weighted by Crippen LogP contribution is -2.27. The van der Waals surface area contributed by atoms with Crippen molar-refractivity contribution < 1.29 is 9.53 Å². The molecule has 3 nitrogen and oxygen atoms in total. The Bertz CT molecular complexity index is 143. The monoisotopic (exact) mass is 157 g/mol. The summed E-state index contributed by atoms with van der Waals surface area (Å²) < 4.78 is 4.76. The Labute approximate surface area is 67.4 Å².